The SMILES string of the molecule is CC1=CN2C=Cc3cc(-c4ccccc4)ccc3C2N1. The van der Waals surface area contributed by atoms with Crippen molar-refractivity contribution in [2.75, 3.05) is 0 Å². The van der Waals surface area contributed by atoms with Crippen molar-refractivity contribution in [3.8, 4) is 11.1 Å². The molecule has 98 valence electrons. The van der Waals surface area contributed by atoms with Crippen LogP contribution in [0.5, 0.6) is 0 Å². The van der Waals surface area contributed by atoms with Crippen LogP contribution in [0.25, 0.3) is 17.2 Å². The van der Waals surface area contributed by atoms with E-state index >= 15 is 0 Å². The standard InChI is InChI=1S/C18H16N2/c1-13-12-20-10-9-16-11-15(14-5-3-2-4-6-14)7-8-17(16)18(20)19-13/h2-12,18-19H,1H3. The van der Waals surface area contributed by atoms with E-state index in [-0.39, 0.29) is 6.17 Å². The molecule has 1 N–H and O–H groups in total. The van der Waals surface area contributed by atoms with Crippen molar-refractivity contribution >= 4 is 6.08 Å². The molecule has 2 aliphatic heterocycles. The normalized spacial score (nSPS) is 19.1. The molecule has 2 heterocycles. The number of hydrogen-bond acceptors (Lipinski definition) is 2. The molecule has 0 fully saturated rings. The second kappa shape index (κ2) is 4.27. The third kappa shape index (κ3) is 1.73. The fraction of sp³-hybridized carbons (Fsp3) is 0.111. The smallest absolute Gasteiger partial charge is 0.129 e. The van der Waals surface area contributed by atoms with Crippen LogP contribution in [0.2, 0.25) is 0 Å². The van der Waals surface area contributed by atoms with Crippen LogP contribution >= 0.6 is 0 Å². The van der Waals surface area contributed by atoms with E-state index in [9.17, 15) is 0 Å². The molecule has 0 aromatic heterocycles. The average Bonchev–Trinajstić information content (AvgIpc) is 2.88. The van der Waals surface area contributed by atoms with Crippen LogP contribution in [0, 0.1) is 0 Å². The third-order valence-electron chi connectivity index (χ3n) is 3.92. The van der Waals surface area contributed by atoms with Gasteiger partial charge in [0.15, 0.2) is 0 Å². The number of benzene rings is 2. The summed E-state index contributed by atoms with van der Waals surface area (Å²) in [4.78, 5) is 2.22. The maximum atomic E-state index is 3.51. The number of hydrogen-bond donors (Lipinski definition) is 1. The topological polar surface area (TPSA) is 15.3 Å². The van der Waals surface area contributed by atoms with Gasteiger partial charge in [0, 0.05) is 23.7 Å². The minimum atomic E-state index is 0.250. The summed E-state index contributed by atoms with van der Waals surface area (Å²) >= 11 is 0. The van der Waals surface area contributed by atoms with E-state index in [4.69, 9.17) is 0 Å². The van der Waals surface area contributed by atoms with Gasteiger partial charge in [-0.25, -0.2) is 0 Å². The Morgan fingerprint density at radius 3 is 2.70 bits per heavy atom. The molecule has 20 heavy (non-hydrogen) atoms. The Balaban J connectivity index is 1.77. The van der Waals surface area contributed by atoms with Crippen molar-refractivity contribution in [1.82, 2.24) is 10.2 Å². The van der Waals surface area contributed by atoms with Crippen LogP contribution in [0.4, 0.5) is 0 Å². The van der Waals surface area contributed by atoms with Gasteiger partial charge in [0.25, 0.3) is 0 Å². The highest BCUT2D eigenvalue weighted by molar-refractivity contribution is 5.70. The van der Waals surface area contributed by atoms with Gasteiger partial charge in [-0.1, -0.05) is 42.5 Å². The Morgan fingerprint density at radius 1 is 1.00 bits per heavy atom. The molecule has 2 nitrogen and oxygen atoms in total. The minimum Gasteiger partial charge on any atom is -0.364 e. The molecule has 0 spiro atoms. The molecule has 0 saturated heterocycles. The molecule has 4 rings (SSSR count). The lowest BCUT2D eigenvalue weighted by molar-refractivity contribution is 0.370. The molecule has 1 unspecified atom stereocenters. The van der Waals surface area contributed by atoms with Crippen LogP contribution in [0.1, 0.15) is 24.2 Å². The molecular weight excluding hydrogens is 244 g/mol. The van der Waals surface area contributed by atoms with E-state index in [0.29, 0.717) is 0 Å². The zero-order valence-electron chi connectivity index (χ0n) is 11.4. The predicted molar refractivity (Wildman–Crippen MR) is 82.4 cm³/mol. The third-order valence-corrected chi connectivity index (χ3v) is 3.92. The van der Waals surface area contributed by atoms with Crippen molar-refractivity contribution in [3.05, 3.63) is 77.8 Å². The van der Waals surface area contributed by atoms with Gasteiger partial charge in [-0.05, 0) is 35.8 Å². The van der Waals surface area contributed by atoms with Gasteiger partial charge >= 0.3 is 0 Å². The summed E-state index contributed by atoms with van der Waals surface area (Å²) < 4.78 is 0. The van der Waals surface area contributed by atoms with Crippen LogP contribution < -0.4 is 5.32 Å². The number of allylic oxidation sites excluding steroid dienone is 1. The number of rotatable bonds is 1. The summed E-state index contributed by atoms with van der Waals surface area (Å²) in [5, 5.41) is 3.51. The summed E-state index contributed by atoms with van der Waals surface area (Å²) in [7, 11) is 0. The van der Waals surface area contributed by atoms with Crippen molar-refractivity contribution < 1.29 is 0 Å². The monoisotopic (exact) mass is 260 g/mol. The van der Waals surface area contributed by atoms with Gasteiger partial charge in [0.2, 0.25) is 0 Å². The summed E-state index contributed by atoms with van der Waals surface area (Å²) in [5.41, 5.74) is 6.37. The van der Waals surface area contributed by atoms with Crippen molar-refractivity contribution in [2.45, 2.75) is 13.1 Å². The molecule has 0 amide bonds. The maximum absolute atomic E-state index is 3.51. The first kappa shape index (κ1) is 11.4. The molecule has 0 radical (unpaired) electrons. The summed E-state index contributed by atoms with van der Waals surface area (Å²) in [6, 6.07) is 17.2. The number of fused-ring (bicyclic) bond motifs is 3. The van der Waals surface area contributed by atoms with E-state index in [1.54, 1.807) is 0 Å². The average molecular weight is 260 g/mol. The second-order valence-corrected chi connectivity index (χ2v) is 5.33. The van der Waals surface area contributed by atoms with Gasteiger partial charge in [0.1, 0.15) is 6.17 Å². The van der Waals surface area contributed by atoms with Crippen LogP contribution in [-0.2, 0) is 0 Å². The van der Waals surface area contributed by atoms with Crippen molar-refractivity contribution in [3.63, 3.8) is 0 Å². The first-order valence-corrected chi connectivity index (χ1v) is 6.91. The van der Waals surface area contributed by atoms with Gasteiger partial charge in [-0.2, -0.15) is 0 Å². The Bertz CT molecular complexity index is 713. The van der Waals surface area contributed by atoms with Crippen molar-refractivity contribution in [1.29, 1.82) is 0 Å². The van der Waals surface area contributed by atoms with E-state index in [2.05, 4.69) is 84.1 Å². The Morgan fingerprint density at radius 2 is 1.85 bits per heavy atom. The Kier molecular flexibility index (Phi) is 2.43. The molecule has 0 aliphatic carbocycles. The molecule has 0 bridgehead atoms. The number of nitrogens with one attached hydrogen (secondary N) is 1. The summed E-state index contributed by atoms with van der Waals surface area (Å²) in [5.74, 6) is 0. The van der Waals surface area contributed by atoms with Crippen LogP contribution in [0.15, 0.2) is 66.6 Å². The molecule has 2 aliphatic rings. The van der Waals surface area contributed by atoms with Gasteiger partial charge < -0.3 is 10.2 Å². The molecule has 0 saturated carbocycles. The highest BCUT2D eigenvalue weighted by atomic mass is 15.3. The highest BCUT2D eigenvalue weighted by Crippen LogP contribution is 2.35. The van der Waals surface area contributed by atoms with E-state index in [0.717, 1.165) is 0 Å². The predicted octanol–water partition coefficient (Wildman–Crippen LogP) is 4.10. The lowest BCUT2D eigenvalue weighted by atomic mass is 9.96. The van der Waals surface area contributed by atoms with Crippen molar-refractivity contribution in [2.24, 2.45) is 0 Å². The zero-order chi connectivity index (χ0) is 13.5. The lowest BCUT2D eigenvalue weighted by Gasteiger charge is -2.28. The molecule has 2 aromatic carbocycles. The van der Waals surface area contributed by atoms with Gasteiger partial charge in [0.05, 0.1) is 0 Å². The Hall–Kier alpha value is -2.48. The molecule has 2 aromatic rings. The van der Waals surface area contributed by atoms with E-state index in [1.165, 1.54) is 28.0 Å². The quantitative estimate of drug-likeness (QED) is 0.830. The van der Waals surface area contributed by atoms with E-state index < -0.39 is 0 Å². The number of nitrogens with zero attached hydrogens (tertiary/aromatic N) is 1. The fourth-order valence-corrected chi connectivity index (χ4v) is 2.94. The van der Waals surface area contributed by atoms with Crippen LogP contribution in [-0.4, -0.2) is 4.90 Å². The zero-order valence-corrected chi connectivity index (χ0v) is 11.4. The first-order valence-electron chi connectivity index (χ1n) is 6.91. The minimum absolute atomic E-state index is 0.250. The Labute approximate surface area is 119 Å². The fourth-order valence-electron chi connectivity index (χ4n) is 2.94. The van der Waals surface area contributed by atoms with Gasteiger partial charge in [-0.15, -0.1) is 0 Å². The van der Waals surface area contributed by atoms with Crippen LogP contribution in [0.3, 0.4) is 0 Å². The summed E-state index contributed by atoms with van der Waals surface area (Å²) in [6.45, 7) is 2.10. The lowest BCUT2D eigenvalue weighted by Crippen LogP contribution is -2.26. The van der Waals surface area contributed by atoms with E-state index in [1.807, 2.05) is 0 Å². The van der Waals surface area contributed by atoms with Gasteiger partial charge in [-0.3, -0.25) is 0 Å². The maximum Gasteiger partial charge on any atom is 0.129 e. The molecular formula is C18H16N2. The molecule has 2 heteroatoms. The highest BCUT2D eigenvalue weighted by Gasteiger charge is 2.26. The molecule has 1 atom stereocenters. The summed E-state index contributed by atoms with van der Waals surface area (Å²) in [6.07, 6.45) is 6.73. The largest absolute Gasteiger partial charge is 0.364 e. The first-order chi connectivity index (χ1) is 9.81. The second-order valence-electron chi connectivity index (χ2n) is 5.33.